The van der Waals surface area contributed by atoms with E-state index >= 15 is 0 Å². The molecule has 3 rings (SSSR count). The molecule has 0 spiro atoms. The molecule has 2 aromatic carbocycles. The highest BCUT2D eigenvalue weighted by Crippen LogP contribution is 2.42. The van der Waals surface area contributed by atoms with Crippen LogP contribution in [0.3, 0.4) is 0 Å². The molecule has 0 fully saturated rings. The first kappa shape index (κ1) is 16.5. The lowest BCUT2D eigenvalue weighted by molar-refractivity contribution is 0.783. The Balaban J connectivity index is 2.29. The first-order chi connectivity index (χ1) is 11.0. The van der Waals surface area contributed by atoms with Crippen LogP contribution in [0.4, 0.5) is 0 Å². The molecular formula is C17H10Cl4N2. The van der Waals surface area contributed by atoms with Crippen LogP contribution in [0.25, 0.3) is 0 Å². The van der Waals surface area contributed by atoms with Crippen LogP contribution >= 0.6 is 46.4 Å². The van der Waals surface area contributed by atoms with Gasteiger partial charge in [0.1, 0.15) is 5.02 Å². The van der Waals surface area contributed by atoms with Gasteiger partial charge in [0.2, 0.25) is 0 Å². The van der Waals surface area contributed by atoms with Crippen molar-refractivity contribution in [2.24, 2.45) is 0 Å². The Morgan fingerprint density at radius 2 is 1.04 bits per heavy atom. The van der Waals surface area contributed by atoms with Crippen LogP contribution in [-0.2, 0) is 4.87 Å². The fourth-order valence-corrected chi connectivity index (χ4v) is 3.12. The lowest BCUT2D eigenvalue weighted by Gasteiger charge is -2.27. The number of hydrogen-bond donors (Lipinski definition) is 0. The van der Waals surface area contributed by atoms with Crippen molar-refractivity contribution < 1.29 is 0 Å². The van der Waals surface area contributed by atoms with Gasteiger partial charge in [-0.05, 0) is 11.1 Å². The van der Waals surface area contributed by atoms with Crippen LogP contribution in [0.2, 0.25) is 15.3 Å². The SMILES string of the molecule is Clc1nc(C(Cl)(c2ccccc2)c2ccccc2)nc(Cl)c1Cl. The minimum absolute atomic E-state index is 0.0681. The average Bonchev–Trinajstić information content (AvgIpc) is 2.60. The van der Waals surface area contributed by atoms with E-state index in [-0.39, 0.29) is 21.2 Å². The van der Waals surface area contributed by atoms with E-state index in [0.29, 0.717) is 0 Å². The molecule has 2 nitrogen and oxygen atoms in total. The second-order valence-electron chi connectivity index (χ2n) is 4.83. The van der Waals surface area contributed by atoms with Gasteiger partial charge in [0.25, 0.3) is 0 Å². The number of aromatic nitrogens is 2. The summed E-state index contributed by atoms with van der Waals surface area (Å²) in [5.41, 5.74) is 1.62. The van der Waals surface area contributed by atoms with Crippen molar-refractivity contribution in [2.75, 3.05) is 0 Å². The molecule has 1 heterocycles. The third-order valence-corrected chi connectivity index (χ3v) is 5.13. The maximum atomic E-state index is 7.03. The highest BCUT2D eigenvalue weighted by atomic mass is 35.5. The topological polar surface area (TPSA) is 25.8 Å². The number of hydrogen-bond acceptors (Lipinski definition) is 2. The maximum absolute atomic E-state index is 7.03. The van der Waals surface area contributed by atoms with Crippen molar-refractivity contribution in [2.45, 2.75) is 4.87 Å². The highest BCUT2D eigenvalue weighted by Gasteiger charge is 2.38. The summed E-state index contributed by atoms with van der Waals surface area (Å²) >= 11 is 25.1. The molecule has 0 aliphatic heterocycles. The molecule has 1 aromatic heterocycles. The van der Waals surface area contributed by atoms with Crippen LogP contribution in [0.1, 0.15) is 17.0 Å². The largest absolute Gasteiger partial charge is 0.217 e. The van der Waals surface area contributed by atoms with E-state index in [9.17, 15) is 0 Å². The molecule has 6 heteroatoms. The fraction of sp³-hybridized carbons (Fsp3) is 0.0588. The summed E-state index contributed by atoms with van der Waals surface area (Å²) in [4.78, 5) is 7.40. The number of benzene rings is 2. The van der Waals surface area contributed by atoms with Crippen LogP contribution in [0.5, 0.6) is 0 Å². The second-order valence-corrected chi connectivity index (χ2v) is 6.49. The zero-order valence-electron chi connectivity index (χ0n) is 11.7. The average molecular weight is 384 g/mol. The zero-order valence-corrected chi connectivity index (χ0v) is 14.7. The molecule has 0 saturated carbocycles. The van der Waals surface area contributed by atoms with Crippen molar-refractivity contribution >= 4 is 46.4 Å². The minimum atomic E-state index is -1.12. The van der Waals surface area contributed by atoms with Gasteiger partial charge in [0.15, 0.2) is 21.0 Å². The lowest BCUT2D eigenvalue weighted by Crippen LogP contribution is -2.25. The predicted octanol–water partition coefficient (Wildman–Crippen LogP) is 5.97. The fourth-order valence-electron chi connectivity index (χ4n) is 2.31. The number of nitrogens with zero attached hydrogens (tertiary/aromatic N) is 2. The molecule has 0 N–H and O–H groups in total. The second kappa shape index (κ2) is 6.66. The maximum Gasteiger partial charge on any atom is 0.161 e. The van der Waals surface area contributed by atoms with Crippen LogP contribution < -0.4 is 0 Å². The molecule has 0 radical (unpaired) electrons. The molecular weight excluding hydrogens is 374 g/mol. The summed E-state index contributed by atoms with van der Waals surface area (Å²) in [6.45, 7) is 0. The molecule has 23 heavy (non-hydrogen) atoms. The quantitative estimate of drug-likeness (QED) is 0.411. The Bertz CT molecular complexity index is 760. The summed E-state index contributed by atoms with van der Waals surface area (Å²) in [6.07, 6.45) is 0. The Kier molecular flexibility index (Phi) is 4.79. The van der Waals surface area contributed by atoms with Crippen LogP contribution in [-0.4, -0.2) is 9.97 Å². The van der Waals surface area contributed by atoms with E-state index in [1.807, 2.05) is 60.7 Å². The first-order valence-electron chi connectivity index (χ1n) is 6.72. The Labute approximate surface area is 154 Å². The van der Waals surface area contributed by atoms with Crippen LogP contribution in [0, 0.1) is 0 Å². The number of rotatable bonds is 3. The molecule has 0 aliphatic rings. The van der Waals surface area contributed by atoms with Crippen molar-refractivity contribution in [1.29, 1.82) is 0 Å². The Morgan fingerprint density at radius 3 is 1.43 bits per heavy atom. The Hall–Kier alpha value is -1.32. The van der Waals surface area contributed by atoms with Gasteiger partial charge in [0, 0.05) is 0 Å². The lowest BCUT2D eigenvalue weighted by atomic mass is 9.89. The summed E-state index contributed by atoms with van der Waals surface area (Å²) in [6, 6.07) is 19.0. The standard InChI is InChI=1S/C17H10Cl4N2/c18-13-14(19)22-16(23-15(13)20)17(21,11-7-3-1-4-8-11)12-9-5-2-6-10-12/h1-10H. The first-order valence-corrected chi connectivity index (χ1v) is 8.23. The van der Waals surface area contributed by atoms with E-state index < -0.39 is 4.87 Å². The summed E-state index contributed by atoms with van der Waals surface area (Å²) in [7, 11) is 0. The van der Waals surface area contributed by atoms with Gasteiger partial charge in [-0.3, -0.25) is 0 Å². The van der Waals surface area contributed by atoms with Crippen molar-refractivity contribution in [3.63, 3.8) is 0 Å². The van der Waals surface area contributed by atoms with E-state index in [1.165, 1.54) is 0 Å². The van der Waals surface area contributed by atoms with Gasteiger partial charge in [-0.25, -0.2) is 9.97 Å². The molecule has 0 atom stereocenters. The molecule has 3 aromatic rings. The Morgan fingerprint density at radius 1 is 0.652 bits per heavy atom. The van der Waals surface area contributed by atoms with Gasteiger partial charge in [0.05, 0.1) is 0 Å². The minimum Gasteiger partial charge on any atom is -0.217 e. The highest BCUT2D eigenvalue weighted by molar-refractivity contribution is 6.46. The van der Waals surface area contributed by atoms with E-state index in [4.69, 9.17) is 46.4 Å². The van der Waals surface area contributed by atoms with Gasteiger partial charge >= 0.3 is 0 Å². The van der Waals surface area contributed by atoms with Crippen molar-refractivity contribution in [3.8, 4) is 0 Å². The predicted molar refractivity (Wildman–Crippen MR) is 95.7 cm³/mol. The number of halogens is 4. The summed E-state index contributed by atoms with van der Waals surface area (Å²) in [5.74, 6) is 0.274. The molecule has 0 amide bonds. The van der Waals surface area contributed by atoms with E-state index in [2.05, 4.69) is 9.97 Å². The smallest absolute Gasteiger partial charge is 0.161 e. The molecule has 0 bridgehead atoms. The van der Waals surface area contributed by atoms with Gasteiger partial charge in [-0.2, -0.15) is 0 Å². The molecule has 0 saturated heterocycles. The van der Waals surface area contributed by atoms with E-state index in [0.717, 1.165) is 11.1 Å². The normalized spacial score (nSPS) is 11.5. The molecule has 116 valence electrons. The summed E-state index contributed by atoms with van der Waals surface area (Å²) < 4.78 is 0. The zero-order chi connectivity index (χ0) is 16.4. The van der Waals surface area contributed by atoms with Crippen LogP contribution in [0.15, 0.2) is 60.7 Å². The van der Waals surface area contributed by atoms with Gasteiger partial charge in [-0.15, -0.1) is 0 Å². The molecule has 0 aliphatic carbocycles. The van der Waals surface area contributed by atoms with Gasteiger partial charge in [-0.1, -0.05) is 107 Å². The third-order valence-electron chi connectivity index (χ3n) is 3.42. The summed E-state index contributed by atoms with van der Waals surface area (Å²) in [5, 5.41) is 0.245. The van der Waals surface area contributed by atoms with E-state index in [1.54, 1.807) is 0 Å². The number of alkyl halides is 1. The molecule has 0 unspecified atom stereocenters. The van der Waals surface area contributed by atoms with Crippen molar-refractivity contribution in [3.05, 3.63) is 92.9 Å². The third kappa shape index (κ3) is 3.05. The van der Waals surface area contributed by atoms with Gasteiger partial charge < -0.3 is 0 Å². The van der Waals surface area contributed by atoms with Crippen molar-refractivity contribution in [1.82, 2.24) is 9.97 Å². The monoisotopic (exact) mass is 382 g/mol.